The number of ether oxygens (including phenoxy) is 1. The first-order chi connectivity index (χ1) is 11.3. The lowest BCUT2D eigenvalue weighted by atomic mass is 10.0. The normalized spacial score (nSPS) is 13.2. The van der Waals surface area contributed by atoms with Gasteiger partial charge in [0.1, 0.15) is 0 Å². The number of aromatic amines is 1. The fourth-order valence-electron chi connectivity index (χ4n) is 3.16. The Bertz CT molecular complexity index is 867. The highest BCUT2D eigenvalue weighted by Crippen LogP contribution is 2.23. The van der Waals surface area contributed by atoms with E-state index in [1.807, 2.05) is 36.5 Å². The molecule has 4 rings (SSSR count). The second kappa shape index (κ2) is 5.89. The molecule has 1 aliphatic heterocycles. The molecular formula is C19H18N2O2. The van der Waals surface area contributed by atoms with Crippen molar-refractivity contribution in [3.8, 4) is 0 Å². The number of H-pyrrole nitrogens is 1. The van der Waals surface area contributed by atoms with Crippen molar-refractivity contribution in [2.75, 3.05) is 6.54 Å². The van der Waals surface area contributed by atoms with Crippen LogP contribution in [-0.2, 0) is 24.4 Å². The number of carbonyl (C=O) groups excluding carboxylic acids is 1. The number of amides is 1. The third kappa shape index (κ3) is 2.62. The Hall–Kier alpha value is -2.59. The molecule has 0 radical (unpaired) electrons. The monoisotopic (exact) mass is 306 g/mol. The topological polar surface area (TPSA) is 54.1 Å². The van der Waals surface area contributed by atoms with Gasteiger partial charge in [0.2, 0.25) is 0 Å². The zero-order valence-corrected chi connectivity index (χ0v) is 12.8. The number of hydrogen-bond acceptors (Lipinski definition) is 2. The summed E-state index contributed by atoms with van der Waals surface area (Å²) in [4.78, 5) is 15.7. The SMILES string of the molecule is O=C(NCCc1c[nH]c2ccccc12)c1cccc2c1COC2. The summed E-state index contributed by atoms with van der Waals surface area (Å²) in [5, 5.41) is 4.24. The molecule has 3 aromatic rings. The van der Waals surface area contributed by atoms with Crippen LogP contribution in [0.15, 0.2) is 48.7 Å². The average Bonchev–Trinajstić information content (AvgIpc) is 3.21. The molecule has 1 amide bonds. The molecule has 4 heteroatoms. The van der Waals surface area contributed by atoms with Crippen molar-refractivity contribution in [3.05, 3.63) is 70.9 Å². The molecule has 116 valence electrons. The van der Waals surface area contributed by atoms with Gasteiger partial charge >= 0.3 is 0 Å². The Morgan fingerprint density at radius 1 is 1.13 bits per heavy atom. The molecule has 1 aliphatic rings. The molecular weight excluding hydrogens is 288 g/mol. The highest BCUT2D eigenvalue weighted by molar-refractivity contribution is 5.96. The van der Waals surface area contributed by atoms with Crippen LogP contribution >= 0.6 is 0 Å². The van der Waals surface area contributed by atoms with E-state index < -0.39 is 0 Å². The lowest BCUT2D eigenvalue weighted by Crippen LogP contribution is -2.26. The van der Waals surface area contributed by atoms with Crippen LogP contribution in [-0.4, -0.2) is 17.4 Å². The van der Waals surface area contributed by atoms with Crippen LogP contribution in [0.2, 0.25) is 0 Å². The maximum Gasteiger partial charge on any atom is 0.251 e. The van der Waals surface area contributed by atoms with Gasteiger partial charge in [0.05, 0.1) is 13.2 Å². The van der Waals surface area contributed by atoms with Crippen LogP contribution < -0.4 is 5.32 Å². The van der Waals surface area contributed by atoms with Gasteiger partial charge in [0.25, 0.3) is 5.91 Å². The van der Waals surface area contributed by atoms with Gasteiger partial charge in [-0.25, -0.2) is 0 Å². The third-order valence-electron chi connectivity index (χ3n) is 4.38. The van der Waals surface area contributed by atoms with Crippen LogP contribution in [0.25, 0.3) is 10.9 Å². The molecule has 0 saturated carbocycles. The molecule has 0 aliphatic carbocycles. The fourth-order valence-corrected chi connectivity index (χ4v) is 3.16. The summed E-state index contributed by atoms with van der Waals surface area (Å²) in [6.07, 6.45) is 2.83. The maximum absolute atomic E-state index is 12.4. The molecule has 0 saturated heterocycles. The van der Waals surface area contributed by atoms with Crippen molar-refractivity contribution >= 4 is 16.8 Å². The van der Waals surface area contributed by atoms with E-state index in [-0.39, 0.29) is 5.91 Å². The van der Waals surface area contributed by atoms with Crippen LogP contribution in [0.5, 0.6) is 0 Å². The van der Waals surface area contributed by atoms with E-state index in [4.69, 9.17) is 4.74 Å². The summed E-state index contributed by atoms with van der Waals surface area (Å²) in [5.74, 6) is -0.0211. The number of aromatic nitrogens is 1. The summed E-state index contributed by atoms with van der Waals surface area (Å²) in [6.45, 7) is 1.75. The van der Waals surface area contributed by atoms with Crippen molar-refractivity contribution in [3.63, 3.8) is 0 Å². The number of benzene rings is 2. The minimum Gasteiger partial charge on any atom is -0.372 e. The molecule has 1 aromatic heterocycles. The first kappa shape index (κ1) is 14.0. The van der Waals surface area contributed by atoms with E-state index in [0.717, 1.165) is 28.6 Å². The summed E-state index contributed by atoms with van der Waals surface area (Å²) >= 11 is 0. The summed E-state index contributed by atoms with van der Waals surface area (Å²) in [5.41, 5.74) is 5.24. The second-order valence-electron chi connectivity index (χ2n) is 5.80. The van der Waals surface area contributed by atoms with Gasteiger partial charge in [-0.1, -0.05) is 30.3 Å². The number of rotatable bonds is 4. The fraction of sp³-hybridized carbons (Fsp3) is 0.211. The molecule has 0 spiro atoms. The minimum atomic E-state index is -0.0211. The quantitative estimate of drug-likeness (QED) is 0.778. The summed E-state index contributed by atoms with van der Waals surface area (Å²) in [7, 11) is 0. The second-order valence-corrected chi connectivity index (χ2v) is 5.80. The van der Waals surface area contributed by atoms with Crippen molar-refractivity contribution in [2.45, 2.75) is 19.6 Å². The van der Waals surface area contributed by atoms with Gasteiger partial charge in [-0.15, -0.1) is 0 Å². The van der Waals surface area contributed by atoms with Gasteiger partial charge in [-0.2, -0.15) is 0 Å². The van der Waals surface area contributed by atoms with Crippen LogP contribution in [0.3, 0.4) is 0 Å². The molecule has 0 fully saturated rings. The Kier molecular flexibility index (Phi) is 3.60. The summed E-state index contributed by atoms with van der Waals surface area (Å²) in [6, 6.07) is 14.0. The Labute approximate surface area is 134 Å². The van der Waals surface area contributed by atoms with Crippen molar-refractivity contribution < 1.29 is 9.53 Å². The number of hydrogen-bond donors (Lipinski definition) is 2. The Balaban J connectivity index is 1.44. The number of para-hydroxylation sites is 1. The van der Waals surface area contributed by atoms with E-state index in [1.165, 1.54) is 10.9 Å². The largest absolute Gasteiger partial charge is 0.372 e. The van der Waals surface area contributed by atoms with Crippen molar-refractivity contribution in [1.82, 2.24) is 10.3 Å². The van der Waals surface area contributed by atoms with E-state index >= 15 is 0 Å². The zero-order valence-electron chi connectivity index (χ0n) is 12.8. The van der Waals surface area contributed by atoms with Gasteiger partial charge in [-0.3, -0.25) is 4.79 Å². The lowest BCUT2D eigenvalue weighted by Gasteiger charge is -2.08. The zero-order chi connectivity index (χ0) is 15.6. The predicted octanol–water partition coefficient (Wildman–Crippen LogP) is 3.17. The molecule has 4 nitrogen and oxygen atoms in total. The predicted molar refractivity (Wildman–Crippen MR) is 89.3 cm³/mol. The number of carbonyl (C=O) groups is 1. The lowest BCUT2D eigenvalue weighted by molar-refractivity contribution is 0.0948. The van der Waals surface area contributed by atoms with E-state index in [1.54, 1.807) is 0 Å². The summed E-state index contributed by atoms with van der Waals surface area (Å²) < 4.78 is 5.43. The Morgan fingerprint density at radius 2 is 2.04 bits per heavy atom. The molecule has 0 atom stereocenters. The molecule has 2 heterocycles. The standard InChI is InChI=1S/C19H18N2O2/c22-19(16-6-3-4-14-11-23-12-17(14)16)20-9-8-13-10-21-18-7-2-1-5-15(13)18/h1-7,10,21H,8-9,11-12H2,(H,20,22). The smallest absolute Gasteiger partial charge is 0.251 e. The van der Waals surface area contributed by atoms with Crippen molar-refractivity contribution in [2.24, 2.45) is 0 Å². The molecule has 2 N–H and O–H groups in total. The highest BCUT2D eigenvalue weighted by Gasteiger charge is 2.18. The van der Waals surface area contributed by atoms with Crippen LogP contribution in [0, 0.1) is 0 Å². The van der Waals surface area contributed by atoms with Gasteiger partial charge in [-0.05, 0) is 35.2 Å². The first-order valence-corrected chi connectivity index (χ1v) is 7.84. The maximum atomic E-state index is 12.4. The molecule has 23 heavy (non-hydrogen) atoms. The highest BCUT2D eigenvalue weighted by atomic mass is 16.5. The number of fused-ring (bicyclic) bond motifs is 2. The van der Waals surface area contributed by atoms with E-state index in [0.29, 0.717) is 19.8 Å². The van der Waals surface area contributed by atoms with Crippen LogP contribution in [0.4, 0.5) is 0 Å². The molecule has 0 unspecified atom stereocenters. The third-order valence-corrected chi connectivity index (χ3v) is 4.38. The van der Waals surface area contributed by atoms with Gasteiger partial charge < -0.3 is 15.0 Å². The first-order valence-electron chi connectivity index (χ1n) is 7.84. The van der Waals surface area contributed by atoms with Crippen LogP contribution in [0.1, 0.15) is 27.0 Å². The van der Waals surface area contributed by atoms with Gasteiger partial charge in [0, 0.05) is 29.2 Å². The molecule has 0 bridgehead atoms. The average molecular weight is 306 g/mol. The number of nitrogens with one attached hydrogen (secondary N) is 2. The van der Waals surface area contributed by atoms with E-state index in [2.05, 4.69) is 22.4 Å². The van der Waals surface area contributed by atoms with E-state index in [9.17, 15) is 4.79 Å². The molecule has 2 aromatic carbocycles. The Morgan fingerprint density at radius 3 is 3.00 bits per heavy atom. The van der Waals surface area contributed by atoms with Crippen molar-refractivity contribution in [1.29, 1.82) is 0 Å². The van der Waals surface area contributed by atoms with Gasteiger partial charge in [0.15, 0.2) is 0 Å². The minimum absolute atomic E-state index is 0.0211.